The SMILES string of the molecule is CN(CC=CCN)CCc1ccccn1. The van der Waals surface area contributed by atoms with Gasteiger partial charge in [-0.15, -0.1) is 0 Å². The Morgan fingerprint density at radius 1 is 1.40 bits per heavy atom. The van der Waals surface area contributed by atoms with Gasteiger partial charge >= 0.3 is 0 Å². The molecule has 0 bridgehead atoms. The summed E-state index contributed by atoms with van der Waals surface area (Å²) in [5.74, 6) is 0. The number of likely N-dealkylation sites (N-methyl/N-ethyl adjacent to an activating group) is 1. The summed E-state index contributed by atoms with van der Waals surface area (Å²) in [5.41, 5.74) is 6.51. The third-order valence-corrected chi connectivity index (χ3v) is 2.20. The second kappa shape index (κ2) is 7.15. The largest absolute Gasteiger partial charge is 0.327 e. The van der Waals surface area contributed by atoms with E-state index in [4.69, 9.17) is 5.73 Å². The van der Waals surface area contributed by atoms with Crippen LogP contribution in [0.1, 0.15) is 5.69 Å². The summed E-state index contributed by atoms with van der Waals surface area (Å²) in [6.45, 7) is 2.59. The maximum atomic E-state index is 5.36. The van der Waals surface area contributed by atoms with Crippen LogP contribution in [0.5, 0.6) is 0 Å². The first-order chi connectivity index (χ1) is 7.33. The van der Waals surface area contributed by atoms with Crippen LogP contribution in [0, 0.1) is 0 Å². The molecule has 0 amide bonds. The van der Waals surface area contributed by atoms with Crippen molar-refractivity contribution in [3.63, 3.8) is 0 Å². The van der Waals surface area contributed by atoms with Crippen molar-refractivity contribution in [2.45, 2.75) is 6.42 Å². The summed E-state index contributed by atoms with van der Waals surface area (Å²) in [7, 11) is 2.10. The van der Waals surface area contributed by atoms with Gasteiger partial charge in [0.1, 0.15) is 0 Å². The third kappa shape index (κ3) is 5.30. The van der Waals surface area contributed by atoms with Gasteiger partial charge in [0, 0.05) is 37.9 Å². The molecule has 0 aliphatic carbocycles. The van der Waals surface area contributed by atoms with Crippen molar-refractivity contribution in [3.05, 3.63) is 42.2 Å². The van der Waals surface area contributed by atoms with Gasteiger partial charge in [-0.3, -0.25) is 4.98 Å². The van der Waals surface area contributed by atoms with Crippen LogP contribution < -0.4 is 5.73 Å². The van der Waals surface area contributed by atoms with Crippen LogP contribution in [0.3, 0.4) is 0 Å². The lowest BCUT2D eigenvalue weighted by Crippen LogP contribution is -2.21. The molecule has 3 nitrogen and oxygen atoms in total. The second-order valence-corrected chi connectivity index (χ2v) is 3.54. The molecule has 0 saturated carbocycles. The lowest BCUT2D eigenvalue weighted by atomic mass is 10.2. The molecule has 0 unspecified atom stereocenters. The van der Waals surface area contributed by atoms with E-state index in [2.05, 4.69) is 29.1 Å². The summed E-state index contributed by atoms with van der Waals surface area (Å²) in [6.07, 6.45) is 6.91. The van der Waals surface area contributed by atoms with Crippen LogP contribution in [-0.4, -0.2) is 36.6 Å². The van der Waals surface area contributed by atoms with Gasteiger partial charge in [0.2, 0.25) is 0 Å². The Morgan fingerprint density at radius 2 is 2.27 bits per heavy atom. The summed E-state index contributed by atoms with van der Waals surface area (Å²) in [6, 6.07) is 6.03. The molecule has 82 valence electrons. The normalized spacial score (nSPS) is 11.4. The van der Waals surface area contributed by atoms with E-state index in [-0.39, 0.29) is 0 Å². The first-order valence-electron chi connectivity index (χ1n) is 5.26. The fourth-order valence-corrected chi connectivity index (χ4v) is 1.29. The molecule has 1 aromatic rings. The monoisotopic (exact) mass is 205 g/mol. The number of nitrogens with two attached hydrogens (primary N) is 1. The minimum Gasteiger partial charge on any atom is -0.327 e. The van der Waals surface area contributed by atoms with Gasteiger partial charge in [-0.25, -0.2) is 0 Å². The van der Waals surface area contributed by atoms with Crippen molar-refractivity contribution in [1.82, 2.24) is 9.88 Å². The highest BCUT2D eigenvalue weighted by Crippen LogP contribution is 1.96. The van der Waals surface area contributed by atoms with Crippen LogP contribution in [0.2, 0.25) is 0 Å². The molecular formula is C12H19N3. The Morgan fingerprint density at radius 3 is 2.93 bits per heavy atom. The van der Waals surface area contributed by atoms with E-state index in [1.54, 1.807) is 0 Å². The number of hydrogen-bond acceptors (Lipinski definition) is 3. The molecule has 0 saturated heterocycles. The van der Waals surface area contributed by atoms with E-state index in [9.17, 15) is 0 Å². The lowest BCUT2D eigenvalue weighted by Gasteiger charge is -2.13. The number of hydrogen-bond donors (Lipinski definition) is 1. The summed E-state index contributed by atoms with van der Waals surface area (Å²) in [4.78, 5) is 6.53. The van der Waals surface area contributed by atoms with Gasteiger partial charge in [-0.1, -0.05) is 18.2 Å². The van der Waals surface area contributed by atoms with Gasteiger partial charge in [0.05, 0.1) is 0 Å². The van der Waals surface area contributed by atoms with E-state index in [1.165, 1.54) is 0 Å². The summed E-state index contributed by atoms with van der Waals surface area (Å²) < 4.78 is 0. The Kier molecular flexibility index (Phi) is 5.66. The van der Waals surface area contributed by atoms with Crippen LogP contribution in [-0.2, 0) is 6.42 Å². The van der Waals surface area contributed by atoms with Gasteiger partial charge in [0.25, 0.3) is 0 Å². The van der Waals surface area contributed by atoms with Crippen molar-refractivity contribution >= 4 is 0 Å². The van der Waals surface area contributed by atoms with Crippen LogP contribution >= 0.6 is 0 Å². The first kappa shape index (κ1) is 11.9. The molecule has 0 aromatic carbocycles. The highest BCUT2D eigenvalue weighted by atomic mass is 15.1. The molecule has 0 fully saturated rings. The number of pyridine rings is 1. The van der Waals surface area contributed by atoms with Crippen LogP contribution in [0.25, 0.3) is 0 Å². The molecular weight excluding hydrogens is 186 g/mol. The van der Waals surface area contributed by atoms with E-state index in [0.29, 0.717) is 6.54 Å². The second-order valence-electron chi connectivity index (χ2n) is 3.54. The molecule has 0 spiro atoms. The van der Waals surface area contributed by atoms with E-state index >= 15 is 0 Å². The van der Waals surface area contributed by atoms with Crippen LogP contribution in [0.4, 0.5) is 0 Å². The quantitative estimate of drug-likeness (QED) is 0.706. The van der Waals surface area contributed by atoms with Crippen molar-refractivity contribution in [2.24, 2.45) is 5.73 Å². The van der Waals surface area contributed by atoms with E-state index in [0.717, 1.165) is 25.2 Å². The molecule has 0 aliphatic rings. The van der Waals surface area contributed by atoms with Gasteiger partial charge in [0.15, 0.2) is 0 Å². The number of aromatic nitrogens is 1. The Hall–Kier alpha value is -1.19. The van der Waals surface area contributed by atoms with Gasteiger partial charge in [-0.2, -0.15) is 0 Å². The molecule has 0 aliphatic heterocycles. The van der Waals surface area contributed by atoms with E-state index in [1.807, 2.05) is 24.4 Å². The van der Waals surface area contributed by atoms with Crippen molar-refractivity contribution in [2.75, 3.05) is 26.7 Å². The Labute approximate surface area is 91.6 Å². The molecule has 1 heterocycles. The molecule has 1 rings (SSSR count). The maximum absolute atomic E-state index is 5.36. The van der Waals surface area contributed by atoms with Crippen LogP contribution in [0.15, 0.2) is 36.5 Å². The van der Waals surface area contributed by atoms with E-state index < -0.39 is 0 Å². The van der Waals surface area contributed by atoms with Gasteiger partial charge < -0.3 is 10.6 Å². The van der Waals surface area contributed by atoms with Gasteiger partial charge in [-0.05, 0) is 19.2 Å². The highest BCUT2D eigenvalue weighted by Gasteiger charge is 1.97. The first-order valence-corrected chi connectivity index (χ1v) is 5.26. The zero-order valence-electron chi connectivity index (χ0n) is 9.26. The Bertz CT molecular complexity index is 282. The summed E-state index contributed by atoms with van der Waals surface area (Å²) in [5, 5.41) is 0. The molecule has 1 aromatic heterocycles. The lowest BCUT2D eigenvalue weighted by molar-refractivity contribution is 0.373. The fraction of sp³-hybridized carbons (Fsp3) is 0.417. The third-order valence-electron chi connectivity index (χ3n) is 2.20. The molecule has 3 heteroatoms. The predicted molar refractivity (Wildman–Crippen MR) is 63.6 cm³/mol. The molecule has 15 heavy (non-hydrogen) atoms. The van der Waals surface area contributed by atoms with Crippen molar-refractivity contribution in [3.8, 4) is 0 Å². The zero-order valence-corrected chi connectivity index (χ0v) is 9.26. The highest BCUT2D eigenvalue weighted by molar-refractivity contribution is 5.03. The summed E-state index contributed by atoms with van der Waals surface area (Å²) >= 11 is 0. The predicted octanol–water partition coefficient (Wildman–Crippen LogP) is 1.07. The zero-order chi connectivity index (χ0) is 10.9. The minimum absolute atomic E-state index is 0.619. The van der Waals surface area contributed by atoms with Crippen molar-refractivity contribution < 1.29 is 0 Å². The van der Waals surface area contributed by atoms with Crippen molar-refractivity contribution in [1.29, 1.82) is 0 Å². The molecule has 0 radical (unpaired) electrons. The molecule has 0 atom stereocenters. The number of rotatable bonds is 6. The number of nitrogens with zero attached hydrogens (tertiary/aromatic N) is 2. The minimum atomic E-state index is 0.619. The molecule has 2 N–H and O–H groups in total. The standard InChI is InChI=1S/C12H19N3/c1-15(10-5-3-8-13)11-7-12-6-2-4-9-14-12/h2-6,9H,7-8,10-11,13H2,1H3. The average Bonchev–Trinajstić information content (AvgIpc) is 2.28. The average molecular weight is 205 g/mol. The topological polar surface area (TPSA) is 42.1 Å². The smallest absolute Gasteiger partial charge is 0.0416 e. The Balaban J connectivity index is 2.22. The fourth-order valence-electron chi connectivity index (χ4n) is 1.29. The maximum Gasteiger partial charge on any atom is 0.0416 e.